The van der Waals surface area contributed by atoms with Crippen LogP contribution < -0.4 is 10.6 Å². The standard InChI is InChI=1S/C13H24N2O4/c16-12(9-11-10-19-8-7-14-11)15-6-4-2-1-3-5-13(17)18/h11,14H,1-10H2,(H,15,16)(H,17,18). The number of ether oxygens (including phenoxy) is 1. The molecule has 1 aliphatic rings. The van der Waals surface area contributed by atoms with Crippen LogP contribution in [0.15, 0.2) is 0 Å². The summed E-state index contributed by atoms with van der Waals surface area (Å²) in [6.07, 6.45) is 4.17. The van der Waals surface area contributed by atoms with Crippen molar-refractivity contribution in [1.29, 1.82) is 0 Å². The number of carboxylic acid groups (broad SMARTS) is 1. The number of carboxylic acids is 1. The van der Waals surface area contributed by atoms with Crippen LogP contribution in [0.5, 0.6) is 0 Å². The summed E-state index contributed by atoms with van der Waals surface area (Å²) in [5.74, 6) is -0.691. The molecule has 0 bridgehead atoms. The van der Waals surface area contributed by atoms with E-state index in [0.29, 0.717) is 32.6 Å². The minimum atomic E-state index is -0.740. The molecule has 110 valence electrons. The van der Waals surface area contributed by atoms with Gasteiger partial charge in [-0.15, -0.1) is 0 Å². The number of amides is 1. The smallest absolute Gasteiger partial charge is 0.303 e. The predicted molar refractivity (Wildman–Crippen MR) is 71.0 cm³/mol. The molecule has 1 fully saturated rings. The van der Waals surface area contributed by atoms with Crippen molar-refractivity contribution in [2.75, 3.05) is 26.3 Å². The second kappa shape index (κ2) is 9.75. The third-order valence-corrected chi connectivity index (χ3v) is 3.07. The van der Waals surface area contributed by atoms with Gasteiger partial charge in [-0.05, 0) is 12.8 Å². The molecule has 1 heterocycles. The Labute approximate surface area is 113 Å². The Morgan fingerprint density at radius 2 is 2.05 bits per heavy atom. The van der Waals surface area contributed by atoms with Crippen molar-refractivity contribution in [2.24, 2.45) is 0 Å². The zero-order valence-corrected chi connectivity index (χ0v) is 11.3. The van der Waals surface area contributed by atoms with Crippen LogP contribution in [-0.2, 0) is 14.3 Å². The fraction of sp³-hybridized carbons (Fsp3) is 0.846. The number of nitrogens with one attached hydrogen (secondary N) is 2. The average molecular weight is 272 g/mol. The van der Waals surface area contributed by atoms with E-state index >= 15 is 0 Å². The van der Waals surface area contributed by atoms with E-state index in [9.17, 15) is 9.59 Å². The van der Waals surface area contributed by atoms with Gasteiger partial charge >= 0.3 is 5.97 Å². The van der Waals surface area contributed by atoms with Gasteiger partial charge < -0.3 is 20.5 Å². The predicted octanol–water partition coefficient (Wildman–Crippen LogP) is 0.516. The summed E-state index contributed by atoms with van der Waals surface area (Å²) in [4.78, 5) is 21.9. The summed E-state index contributed by atoms with van der Waals surface area (Å²) in [6, 6.07) is 0.129. The molecule has 1 amide bonds. The van der Waals surface area contributed by atoms with Gasteiger partial charge in [-0.1, -0.05) is 12.8 Å². The van der Waals surface area contributed by atoms with Crippen molar-refractivity contribution in [3.05, 3.63) is 0 Å². The van der Waals surface area contributed by atoms with Crippen molar-refractivity contribution in [3.63, 3.8) is 0 Å². The Hall–Kier alpha value is -1.14. The molecule has 0 radical (unpaired) electrons. The van der Waals surface area contributed by atoms with Crippen molar-refractivity contribution < 1.29 is 19.4 Å². The van der Waals surface area contributed by atoms with E-state index in [-0.39, 0.29) is 18.4 Å². The van der Waals surface area contributed by atoms with Crippen LogP contribution in [0.1, 0.15) is 38.5 Å². The maximum Gasteiger partial charge on any atom is 0.303 e. The Morgan fingerprint density at radius 3 is 2.74 bits per heavy atom. The SMILES string of the molecule is O=C(O)CCCCCCNC(=O)CC1COCCN1. The molecule has 1 saturated heterocycles. The van der Waals surface area contributed by atoms with Crippen LogP contribution in [-0.4, -0.2) is 49.3 Å². The zero-order valence-electron chi connectivity index (χ0n) is 11.3. The van der Waals surface area contributed by atoms with Crippen LogP contribution in [0.25, 0.3) is 0 Å². The molecule has 6 nitrogen and oxygen atoms in total. The number of morpholine rings is 1. The second-order valence-corrected chi connectivity index (χ2v) is 4.84. The summed E-state index contributed by atoms with van der Waals surface area (Å²) >= 11 is 0. The molecule has 1 atom stereocenters. The van der Waals surface area contributed by atoms with Crippen LogP contribution in [0.2, 0.25) is 0 Å². The largest absolute Gasteiger partial charge is 0.481 e. The van der Waals surface area contributed by atoms with Gasteiger partial charge in [0.05, 0.1) is 13.2 Å². The number of hydrogen-bond acceptors (Lipinski definition) is 4. The molecule has 1 rings (SSSR count). The number of unbranched alkanes of at least 4 members (excludes halogenated alkanes) is 3. The third-order valence-electron chi connectivity index (χ3n) is 3.07. The highest BCUT2D eigenvalue weighted by Gasteiger charge is 2.16. The van der Waals surface area contributed by atoms with Gasteiger partial charge in [0.2, 0.25) is 5.91 Å². The minimum absolute atomic E-state index is 0.0496. The fourth-order valence-corrected chi connectivity index (χ4v) is 2.03. The molecule has 0 aliphatic carbocycles. The highest BCUT2D eigenvalue weighted by molar-refractivity contribution is 5.76. The maximum absolute atomic E-state index is 11.6. The fourth-order valence-electron chi connectivity index (χ4n) is 2.03. The molecule has 3 N–H and O–H groups in total. The number of rotatable bonds is 9. The van der Waals surface area contributed by atoms with Crippen LogP contribution in [0.3, 0.4) is 0 Å². The van der Waals surface area contributed by atoms with Gasteiger partial charge in [0.15, 0.2) is 0 Å². The Balaban J connectivity index is 1.90. The van der Waals surface area contributed by atoms with E-state index in [1.165, 1.54) is 0 Å². The van der Waals surface area contributed by atoms with Gasteiger partial charge in [-0.2, -0.15) is 0 Å². The van der Waals surface area contributed by atoms with E-state index in [1.54, 1.807) is 0 Å². The monoisotopic (exact) mass is 272 g/mol. The summed E-state index contributed by atoms with van der Waals surface area (Å²) in [7, 11) is 0. The summed E-state index contributed by atoms with van der Waals surface area (Å²) in [5.41, 5.74) is 0. The molecular weight excluding hydrogens is 248 g/mol. The zero-order chi connectivity index (χ0) is 13.9. The number of hydrogen-bond donors (Lipinski definition) is 3. The molecule has 0 saturated carbocycles. The lowest BCUT2D eigenvalue weighted by Crippen LogP contribution is -2.44. The topological polar surface area (TPSA) is 87.7 Å². The van der Waals surface area contributed by atoms with Crippen molar-refractivity contribution in [1.82, 2.24) is 10.6 Å². The third kappa shape index (κ3) is 8.56. The first kappa shape index (κ1) is 15.9. The lowest BCUT2D eigenvalue weighted by molar-refractivity contribution is -0.137. The van der Waals surface area contributed by atoms with E-state index in [0.717, 1.165) is 25.8 Å². The molecule has 0 spiro atoms. The normalized spacial score (nSPS) is 19.1. The van der Waals surface area contributed by atoms with E-state index in [2.05, 4.69) is 10.6 Å². The molecule has 6 heteroatoms. The minimum Gasteiger partial charge on any atom is -0.481 e. The van der Waals surface area contributed by atoms with Crippen molar-refractivity contribution in [2.45, 2.75) is 44.6 Å². The van der Waals surface area contributed by atoms with Gasteiger partial charge in [0.1, 0.15) is 0 Å². The number of carbonyl (C=O) groups excluding carboxylic acids is 1. The van der Waals surface area contributed by atoms with E-state index in [1.807, 2.05) is 0 Å². The molecule has 19 heavy (non-hydrogen) atoms. The van der Waals surface area contributed by atoms with Gasteiger partial charge in [0, 0.05) is 32.0 Å². The second-order valence-electron chi connectivity index (χ2n) is 4.84. The Kier molecular flexibility index (Phi) is 8.16. The molecule has 0 aromatic rings. The van der Waals surface area contributed by atoms with Crippen LogP contribution in [0.4, 0.5) is 0 Å². The van der Waals surface area contributed by atoms with Crippen LogP contribution in [0, 0.1) is 0 Å². The highest BCUT2D eigenvalue weighted by atomic mass is 16.5. The lowest BCUT2D eigenvalue weighted by atomic mass is 10.1. The number of carbonyl (C=O) groups is 2. The highest BCUT2D eigenvalue weighted by Crippen LogP contribution is 2.02. The first-order valence-corrected chi connectivity index (χ1v) is 6.98. The maximum atomic E-state index is 11.6. The Bertz CT molecular complexity index is 278. The van der Waals surface area contributed by atoms with Crippen LogP contribution >= 0.6 is 0 Å². The summed E-state index contributed by atoms with van der Waals surface area (Å²) in [5, 5.41) is 14.6. The number of aliphatic carboxylic acids is 1. The first-order chi connectivity index (χ1) is 9.18. The first-order valence-electron chi connectivity index (χ1n) is 6.98. The van der Waals surface area contributed by atoms with Crippen molar-refractivity contribution >= 4 is 11.9 Å². The molecule has 1 unspecified atom stereocenters. The molecular formula is C13H24N2O4. The lowest BCUT2D eigenvalue weighted by Gasteiger charge is -2.23. The molecule has 0 aromatic carbocycles. The molecule has 1 aliphatic heterocycles. The average Bonchev–Trinajstić information content (AvgIpc) is 2.38. The van der Waals surface area contributed by atoms with Gasteiger partial charge in [0.25, 0.3) is 0 Å². The van der Waals surface area contributed by atoms with Gasteiger partial charge in [-0.25, -0.2) is 0 Å². The Morgan fingerprint density at radius 1 is 1.26 bits per heavy atom. The quantitative estimate of drug-likeness (QED) is 0.532. The summed E-state index contributed by atoms with van der Waals surface area (Å²) < 4.78 is 5.28. The van der Waals surface area contributed by atoms with E-state index in [4.69, 9.17) is 9.84 Å². The van der Waals surface area contributed by atoms with Crippen molar-refractivity contribution in [3.8, 4) is 0 Å². The van der Waals surface area contributed by atoms with Gasteiger partial charge in [-0.3, -0.25) is 9.59 Å². The van der Waals surface area contributed by atoms with E-state index < -0.39 is 5.97 Å². The molecule has 0 aromatic heterocycles. The summed E-state index contributed by atoms with van der Waals surface area (Å²) in [6.45, 7) is 2.79.